The quantitative estimate of drug-likeness (QED) is 0.756. The summed E-state index contributed by atoms with van der Waals surface area (Å²) in [7, 11) is -3.36. The summed E-state index contributed by atoms with van der Waals surface area (Å²) in [6.07, 6.45) is 6.15. The lowest BCUT2D eigenvalue weighted by molar-refractivity contribution is 0.0923. The fraction of sp³-hybridized carbons (Fsp3) is 0.353. The van der Waals surface area contributed by atoms with Crippen molar-refractivity contribution in [1.29, 1.82) is 0 Å². The van der Waals surface area contributed by atoms with Crippen LogP contribution in [-0.2, 0) is 9.84 Å². The minimum absolute atomic E-state index is 0.0114. The van der Waals surface area contributed by atoms with Gasteiger partial charge in [-0.3, -0.25) is 10.1 Å². The van der Waals surface area contributed by atoms with Crippen LogP contribution < -0.4 is 10.6 Å². The second kappa shape index (κ2) is 7.55. The monoisotopic (exact) mass is 393 g/mol. The van der Waals surface area contributed by atoms with Crippen LogP contribution in [0.1, 0.15) is 36.0 Å². The summed E-state index contributed by atoms with van der Waals surface area (Å²) in [5.41, 5.74) is 0.923. The Bertz CT molecular complexity index is 931. The van der Waals surface area contributed by atoms with E-state index < -0.39 is 15.9 Å². The SMILES string of the molecule is CS(=O)(=O)c1cnc(NC(=O)Nc2ccccc2C(=O)C2CCCC2)s1. The standard InChI is InChI=1S/C17H19N3O4S2/c1-26(23,24)14-10-18-17(25-14)20-16(22)19-13-9-5-4-8-12(13)15(21)11-6-2-3-7-11/h4-5,8-11H,2-3,6-7H2,1H3,(H2,18,19,20,22). The fourth-order valence-corrected chi connectivity index (χ4v) is 4.59. The van der Waals surface area contributed by atoms with E-state index in [-0.39, 0.29) is 21.0 Å². The molecule has 1 heterocycles. The number of nitrogens with one attached hydrogen (secondary N) is 2. The van der Waals surface area contributed by atoms with E-state index in [1.54, 1.807) is 24.3 Å². The van der Waals surface area contributed by atoms with Crippen molar-refractivity contribution in [2.24, 2.45) is 5.92 Å². The highest BCUT2D eigenvalue weighted by Gasteiger charge is 2.25. The third kappa shape index (κ3) is 4.28. The van der Waals surface area contributed by atoms with Gasteiger partial charge in [-0.25, -0.2) is 18.2 Å². The summed E-state index contributed by atoms with van der Waals surface area (Å²) >= 11 is 0.872. The van der Waals surface area contributed by atoms with Crippen molar-refractivity contribution >= 4 is 43.8 Å². The van der Waals surface area contributed by atoms with Gasteiger partial charge in [-0.15, -0.1) is 0 Å². The number of urea groups is 1. The second-order valence-electron chi connectivity index (χ2n) is 6.23. The molecular weight excluding hydrogens is 374 g/mol. The predicted molar refractivity (Wildman–Crippen MR) is 101 cm³/mol. The van der Waals surface area contributed by atoms with E-state index >= 15 is 0 Å². The number of rotatable bonds is 5. The van der Waals surface area contributed by atoms with Crippen LogP contribution in [0.15, 0.2) is 34.7 Å². The number of amides is 2. The number of para-hydroxylation sites is 1. The van der Waals surface area contributed by atoms with E-state index in [1.807, 2.05) is 0 Å². The molecule has 9 heteroatoms. The van der Waals surface area contributed by atoms with Crippen LogP contribution in [0.2, 0.25) is 0 Å². The molecule has 1 aliphatic carbocycles. The number of ketones is 1. The lowest BCUT2D eigenvalue weighted by Gasteiger charge is -2.13. The number of sulfone groups is 1. The molecule has 2 N–H and O–H groups in total. The van der Waals surface area contributed by atoms with E-state index in [2.05, 4.69) is 15.6 Å². The zero-order valence-electron chi connectivity index (χ0n) is 14.2. The number of anilines is 2. The van der Waals surface area contributed by atoms with Gasteiger partial charge in [0, 0.05) is 17.7 Å². The van der Waals surface area contributed by atoms with Gasteiger partial charge in [0.15, 0.2) is 20.8 Å². The second-order valence-corrected chi connectivity index (χ2v) is 9.50. The maximum atomic E-state index is 12.7. The average molecular weight is 393 g/mol. The Morgan fingerprint density at radius 1 is 1.15 bits per heavy atom. The Balaban J connectivity index is 1.71. The molecule has 1 aromatic carbocycles. The van der Waals surface area contributed by atoms with Crippen molar-refractivity contribution in [3.8, 4) is 0 Å². The molecule has 0 unspecified atom stereocenters. The van der Waals surface area contributed by atoms with Crippen LogP contribution >= 0.6 is 11.3 Å². The van der Waals surface area contributed by atoms with Crippen LogP contribution in [0, 0.1) is 5.92 Å². The molecule has 2 aromatic rings. The first-order valence-corrected chi connectivity index (χ1v) is 10.9. The van der Waals surface area contributed by atoms with Crippen molar-refractivity contribution in [2.75, 3.05) is 16.9 Å². The summed E-state index contributed by atoms with van der Waals surface area (Å²) < 4.78 is 23.0. The molecule has 1 aliphatic rings. The summed E-state index contributed by atoms with van der Waals surface area (Å²) in [6.45, 7) is 0. The largest absolute Gasteiger partial charge is 0.325 e. The van der Waals surface area contributed by atoms with Crippen molar-refractivity contribution in [2.45, 2.75) is 29.9 Å². The van der Waals surface area contributed by atoms with Crippen molar-refractivity contribution in [1.82, 2.24) is 4.98 Å². The molecule has 7 nitrogen and oxygen atoms in total. The van der Waals surface area contributed by atoms with Gasteiger partial charge in [0.25, 0.3) is 0 Å². The van der Waals surface area contributed by atoms with Gasteiger partial charge in [0.2, 0.25) is 0 Å². The first-order valence-electron chi connectivity index (χ1n) is 8.22. The Labute approximate surface area is 155 Å². The van der Waals surface area contributed by atoms with Crippen LogP contribution in [0.5, 0.6) is 0 Å². The summed E-state index contributed by atoms with van der Waals surface area (Å²) in [6, 6.07) is 6.31. The smallest absolute Gasteiger partial charge is 0.307 e. The molecule has 138 valence electrons. The number of Topliss-reactive ketones (excluding diaryl/α,β-unsaturated/α-hetero) is 1. The molecule has 1 aromatic heterocycles. The first-order chi connectivity index (χ1) is 12.3. The number of hydrogen-bond donors (Lipinski definition) is 2. The number of nitrogens with zero attached hydrogens (tertiary/aromatic N) is 1. The molecule has 0 bridgehead atoms. The summed E-state index contributed by atoms with van der Waals surface area (Å²) in [5.74, 6) is 0.0595. The lowest BCUT2D eigenvalue weighted by Crippen LogP contribution is -2.22. The van der Waals surface area contributed by atoms with E-state index in [1.165, 1.54) is 6.20 Å². The van der Waals surface area contributed by atoms with Gasteiger partial charge in [-0.2, -0.15) is 0 Å². The Kier molecular flexibility index (Phi) is 5.38. The van der Waals surface area contributed by atoms with Gasteiger partial charge < -0.3 is 5.32 Å². The summed E-state index contributed by atoms with van der Waals surface area (Å²) in [5, 5.41) is 5.33. The topological polar surface area (TPSA) is 105 Å². The van der Waals surface area contributed by atoms with Crippen molar-refractivity contribution in [3.05, 3.63) is 36.0 Å². The number of aromatic nitrogens is 1. The highest BCUT2D eigenvalue weighted by Crippen LogP contribution is 2.30. The number of thiazole rings is 1. The lowest BCUT2D eigenvalue weighted by atomic mass is 9.95. The van der Waals surface area contributed by atoms with Crippen molar-refractivity contribution < 1.29 is 18.0 Å². The molecule has 0 aliphatic heterocycles. The Morgan fingerprint density at radius 2 is 1.85 bits per heavy atom. The normalized spacial score (nSPS) is 15.0. The van der Waals surface area contributed by atoms with Gasteiger partial charge >= 0.3 is 6.03 Å². The van der Waals surface area contributed by atoms with Gasteiger partial charge in [-0.05, 0) is 25.0 Å². The molecule has 1 fully saturated rings. The van der Waals surface area contributed by atoms with Crippen LogP contribution in [0.3, 0.4) is 0 Å². The van der Waals surface area contributed by atoms with E-state index in [9.17, 15) is 18.0 Å². The molecule has 0 saturated heterocycles. The molecule has 1 saturated carbocycles. The number of hydrogen-bond acceptors (Lipinski definition) is 6. The van der Waals surface area contributed by atoms with Crippen molar-refractivity contribution in [3.63, 3.8) is 0 Å². The zero-order valence-corrected chi connectivity index (χ0v) is 15.8. The minimum atomic E-state index is -3.36. The minimum Gasteiger partial charge on any atom is -0.307 e. The number of carbonyl (C=O) groups is 2. The summed E-state index contributed by atoms with van der Waals surface area (Å²) in [4.78, 5) is 28.8. The molecule has 0 radical (unpaired) electrons. The molecule has 2 amide bonds. The third-order valence-electron chi connectivity index (χ3n) is 4.24. The molecule has 26 heavy (non-hydrogen) atoms. The van der Waals surface area contributed by atoms with Crippen LogP contribution in [-0.4, -0.2) is 31.5 Å². The van der Waals surface area contributed by atoms with E-state index in [0.717, 1.165) is 43.3 Å². The molecule has 0 spiro atoms. The Hall–Kier alpha value is -2.26. The fourth-order valence-electron chi connectivity index (χ4n) is 2.95. The molecule has 3 rings (SSSR count). The maximum Gasteiger partial charge on any atom is 0.325 e. The van der Waals surface area contributed by atoms with Crippen LogP contribution in [0.4, 0.5) is 15.6 Å². The maximum absolute atomic E-state index is 12.7. The first kappa shape index (κ1) is 18.5. The Morgan fingerprint density at radius 3 is 2.50 bits per heavy atom. The third-order valence-corrected chi connectivity index (χ3v) is 6.94. The predicted octanol–water partition coefficient (Wildman–Crippen LogP) is 3.56. The van der Waals surface area contributed by atoms with E-state index in [0.29, 0.717) is 11.3 Å². The number of benzene rings is 1. The van der Waals surface area contributed by atoms with Crippen LogP contribution in [0.25, 0.3) is 0 Å². The molecule has 0 atom stereocenters. The zero-order chi connectivity index (χ0) is 18.7. The number of carbonyl (C=O) groups excluding carboxylic acids is 2. The van der Waals surface area contributed by atoms with E-state index in [4.69, 9.17) is 0 Å². The molecular formula is C17H19N3O4S2. The highest BCUT2D eigenvalue weighted by atomic mass is 32.2. The van der Waals surface area contributed by atoms with Gasteiger partial charge in [0.05, 0.1) is 11.9 Å². The van der Waals surface area contributed by atoms with Gasteiger partial charge in [0.1, 0.15) is 4.21 Å². The van der Waals surface area contributed by atoms with Gasteiger partial charge in [-0.1, -0.05) is 36.3 Å². The average Bonchev–Trinajstić information content (AvgIpc) is 3.25. The highest BCUT2D eigenvalue weighted by molar-refractivity contribution is 7.92.